The Bertz CT molecular complexity index is 228. The second-order valence-electron chi connectivity index (χ2n) is 4.74. The molecule has 0 aromatic rings. The van der Waals surface area contributed by atoms with E-state index in [9.17, 15) is 0 Å². The molecule has 14 heavy (non-hydrogen) atoms. The highest BCUT2D eigenvalue weighted by Crippen LogP contribution is 2.14. The second kappa shape index (κ2) is 4.97. The molecule has 3 heteroatoms. The van der Waals surface area contributed by atoms with E-state index in [2.05, 4.69) is 31.1 Å². The van der Waals surface area contributed by atoms with Crippen molar-refractivity contribution in [2.24, 2.45) is 0 Å². The Labute approximate surface area is 88.0 Å². The molecule has 0 saturated carbocycles. The maximum atomic E-state index is 5.63. The molecule has 0 aliphatic carbocycles. The van der Waals surface area contributed by atoms with Crippen LogP contribution in [0.2, 0.25) is 19.6 Å². The topological polar surface area (TPSA) is 18.5 Å². The van der Waals surface area contributed by atoms with Gasteiger partial charge in [-0.2, -0.15) is 0 Å². The highest BCUT2D eigenvalue weighted by Gasteiger charge is 2.18. The van der Waals surface area contributed by atoms with E-state index >= 15 is 0 Å². The fourth-order valence-electron chi connectivity index (χ4n) is 1.24. The summed E-state index contributed by atoms with van der Waals surface area (Å²) in [6.07, 6.45) is 2.11. The summed E-state index contributed by atoms with van der Waals surface area (Å²) in [6, 6.07) is 0. The molecule has 0 radical (unpaired) electrons. The normalized spacial score (nSPS) is 24.1. The minimum Gasteiger partial charge on any atom is -0.353 e. The van der Waals surface area contributed by atoms with E-state index in [1.807, 2.05) is 6.92 Å². The molecule has 1 fully saturated rings. The van der Waals surface area contributed by atoms with E-state index < -0.39 is 8.07 Å². The molecule has 1 rings (SSSR count). The maximum absolute atomic E-state index is 5.63. The van der Waals surface area contributed by atoms with Gasteiger partial charge < -0.3 is 9.47 Å². The van der Waals surface area contributed by atoms with Crippen LogP contribution in [0.15, 0.2) is 0 Å². The summed E-state index contributed by atoms with van der Waals surface area (Å²) < 4.78 is 11.0. The first-order chi connectivity index (χ1) is 6.47. The van der Waals surface area contributed by atoms with Crippen molar-refractivity contribution in [1.29, 1.82) is 0 Å². The van der Waals surface area contributed by atoms with Gasteiger partial charge in [0.1, 0.15) is 14.2 Å². The standard InChI is InChI=1S/C11H20O2Si/c1-10(7-9-14(2,3)4)13-11-6-5-8-12-11/h10-11H,5-6,8H2,1-4H3. The van der Waals surface area contributed by atoms with Gasteiger partial charge in [-0.15, -0.1) is 5.54 Å². The summed E-state index contributed by atoms with van der Waals surface area (Å²) in [5.74, 6) is 3.16. The summed E-state index contributed by atoms with van der Waals surface area (Å²) >= 11 is 0. The number of hydrogen-bond acceptors (Lipinski definition) is 2. The lowest BCUT2D eigenvalue weighted by atomic mass is 10.3. The van der Waals surface area contributed by atoms with Crippen molar-refractivity contribution in [1.82, 2.24) is 0 Å². The molecule has 1 aliphatic rings. The van der Waals surface area contributed by atoms with E-state index in [1.54, 1.807) is 0 Å². The molecule has 1 heterocycles. The van der Waals surface area contributed by atoms with Crippen molar-refractivity contribution in [3.63, 3.8) is 0 Å². The summed E-state index contributed by atoms with van der Waals surface area (Å²) in [4.78, 5) is 0. The molecule has 80 valence electrons. The van der Waals surface area contributed by atoms with E-state index in [0.717, 1.165) is 19.4 Å². The predicted molar refractivity (Wildman–Crippen MR) is 60.6 cm³/mol. The van der Waals surface area contributed by atoms with Gasteiger partial charge in [0.15, 0.2) is 6.29 Å². The first-order valence-corrected chi connectivity index (χ1v) is 8.77. The quantitative estimate of drug-likeness (QED) is 0.517. The van der Waals surface area contributed by atoms with Crippen LogP contribution in [-0.2, 0) is 9.47 Å². The van der Waals surface area contributed by atoms with Gasteiger partial charge in [0.25, 0.3) is 0 Å². The Morgan fingerprint density at radius 2 is 2.14 bits per heavy atom. The fourth-order valence-corrected chi connectivity index (χ4v) is 1.87. The number of rotatable bonds is 2. The average molecular weight is 212 g/mol. The first kappa shape index (κ1) is 11.8. The van der Waals surface area contributed by atoms with Gasteiger partial charge >= 0.3 is 0 Å². The van der Waals surface area contributed by atoms with Gasteiger partial charge in [-0.3, -0.25) is 0 Å². The molecular weight excluding hydrogens is 192 g/mol. The van der Waals surface area contributed by atoms with E-state index in [4.69, 9.17) is 9.47 Å². The lowest BCUT2D eigenvalue weighted by molar-refractivity contribution is -0.124. The molecule has 1 saturated heterocycles. The second-order valence-corrected chi connectivity index (χ2v) is 9.49. The predicted octanol–water partition coefficient (Wildman–Crippen LogP) is 2.41. The molecule has 0 aromatic carbocycles. The third-order valence-corrected chi connectivity index (χ3v) is 2.79. The third-order valence-electron chi connectivity index (χ3n) is 1.89. The van der Waals surface area contributed by atoms with Crippen LogP contribution in [0, 0.1) is 11.5 Å². The molecule has 2 atom stereocenters. The van der Waals surface area contributed by atoms with E-state index in [1.165, 1.54) is 0 Å². The Hall–Kier alpha value is -0.303. The zero-order valence-corrected chi connectivity index (χ0v) is 10.6. The Balaban J connectivity index is 2.33. The van der Waals surface area contributed by atoms with Crippen LogP contribution >= 0.6 is 0 Å². The zero-order valence-electron chi connectivity index (χ0n) is 9.59. The Morgan fingerprint density at radius 1 is 1.43 bits per heavy atom. The SMILES string of the molecule is CC(C#C[Si](C)(C)C)OC1CCCO1. The van der Waals surface area contributed by atoms with E-state index in [-0.39, 0.29) is 12.4 Å². The van der Waals surface area contributed by atoms with Gasteiger partial charge in [-0.25, -0.2) is 0 Å². The highest BCUT2D eigenvalue weighted by atomic mass is 28.3. The van der Waals surface area contributed by atoms with E-state index in [0.29, 0.717) is 0 Å². The van der Waals surface area contributed by atoms with Gasteiger partial charge in [0.05, 0.1) is 0 Å². The van der Waals surface area contributed by atoms with Crippen LogP contribution in [0.3, 0.4) is 0 Å². The molecule has 0 N–H and O–H groups in total. The van der Waals surface area contributed by atoms with Crippen molar-refractivity contribution in [3.8, 4) is 11.5 Å². The minimum absolute atomic E-state index is 0.00447. The third kappa shape index (κ3) is 4.80. The van der Waals surface area contributed by atoms with Crippen LogP contribution in [0.1, 0.15) is 19.8 Å². The molecule has 2 unspecified atom stereocenters. The van der Waals surface area contributed by atoms with Crippen molar-refractivity contribution in [3.05, 3.63) is 0 Å². The lowest BCUT2D eigenvalue weighted by Crippen LogP contribution is -2.20. The molecule has 1 aliphatic heterocycles. The largest absolute Gasteiger partial charge is 0.353 e. The van der Waals surface area contributed by atoms with Crippen molar-refractivity contribution in [2.45, 2.75) is 51.8 Å². The van der Waals surface area contributed by atoms with Crippen LogP contribution < -0.4 is 0 Å². The van der Waals surface area contributed by atoms with Crippen molar-refractivity contribution in [2.75, 3.05) is 6.61 Å². The molecule has 0 aromatic heterocycles. The smallest absolute Gasteiger partial charge is 0.159 e. The molecule has 2 nitrogen and oxygen atoms in total. The first-order valence-electron chi connectivity index (χ1n) is 5.27. The number of hydrogen-bond donors (Lipinski definition) is 0. The van der Waals surface area contributed by atoms with Crippen LogP contribution in [0.4, 0.5) is 0 Å². The van der Waals surface area contributed by atoms with Crippen LogP contribution in [-0.4, -0.2) is 27.1 Å². The minimum atomic E-state index is -1.26. The summed E-state index contributed by atoms with van der Waals surface area (Å²) in [5, 5.41) is 0. The maximum Gasteiger partial charge on any atom is 0.159 e. The Kier molecular flexibility index (Phi) is 4.18. The van der Waals surface area contributed by atoms with Crippen LogP contribution in [0.5, 0.6) is 0 Å². The lowest BCUT2D eigenvalue weighted by Gasteiger charge is -2.14. The van der Waals surface area contributed by atoms with Gasteiger partial charge in [0.2, 0.25) is 0 Å². The van der Waals surface area contributed by atoms with Crippen molar-refractivity contribution >= 4 is 8.07 Å². The highest BCUT2D eigenvalue weighted by molar-refractivity contribution is 6.83. The monoisotopic (exact) mass is 212 g/mol. The molecule has 0 bridgehead atoms. The average Bonchev–Trinajstić information content (AvgIpc) is 2.52. The summed E-state index contributed by atoms with van der Waals surface area (Å²) in [6.45, 7) is 9.53. The zero-order chi connectivity index (χ0) is 10.6. The van der Waals surface area contributed by atoms with Gasteiger partial charge in [-0.1, -0.05) is 25.6 Å². The molecule has 0 spiro atoms. The number of ether oxygens (including phenoxy) is 2. The summed E-state index contributed by atoms with van der Waals surface area (Å²) in [7, 11) is -1.26. The van der Waals surface area contributed by atoms with Crippen molar-refractivity contribution < 1.29 is 9.47 Å². The summed E-state index contributed by atoms with van der Waals surface area (Å²) in [5.41, 5.74) is 3.30. The van der Waals surface area contributed by atoms with Gasteiger partial charge in [-0.05, 0) is 13.3 Å². The fraction of sp³-hybridized carbons (Fsp3) is 0.818. The Morgan fingerprint density at radius 3 is 2.64 bits per heavy atom. The van der Waals surface area contributed by atoms with Gasteiger partial charge in [0, 0.05) is 13.0 Å². The molecular formula is C11H20O2Si. The van der Waals surface area contributed by atoms with Crippen LogP contribution in [0.25, 0.3) is 0 Å². The molecule has 0 amide bonds.